The number of carbonyl (C=O) groups is 2. The molecule has 2 N–H and O–H groups in total. The van der Waals surface area contributed by atoms with E-state index in [0.29, 0.717) is 24.5 Å². The van der Waals surface area contributed by atoms with E-state index in [-0.39, 0.29) is 11.8 Å². The number of aldehydes is 1. The Kier molecular flexibility index (Phi) is 2.85. The molecule has 1 fully saturated rings. The first-order valence-electron chi connectivity index (χ1n) is 5.17. The second-order valence-electron chi connectivity index (χ2n) is 3.87. The monoisotopic (exact) mass is 219 g/mol. The van der Waals surface area contributed by atoms with Gasteiger partial charge in [-0.1, -0.05) is 0 Å². The Labute approximate surface area is 93.3 Å². The smallest absolute Gasteiger partial charge is 0.222 e. The van der Waals surface area contributed by atoms with Crippen molar-refractivity contribution in [2.24, 2.45) is 11.7 Å². The summed E-state index contributed by atoms with van der Waals surface area (Å²) in [6.07, 6.45) is 3.14. The predicted octanol–water partition coefficient (Wildman–Crippen LogP) is 0.206. The van der Waals surface area contributed by atoms with Crippen molar-refractivity contribution in [2.45, 2.75) is 6.42 Å². The summed E-state index contributed by atoms with van der Waals surface area (Å²) in [6, 6.07) is 3.43. The molecule has 1 atom stereocenters. The number of rotatable bonds is 3. The third-order valence-corrected chi connectivity index (χ3v) is 2.83. The van der Waals surface area contributed by atoms with Crippen molar-refractivity contribution in [2.75, 3.05) is 18.0 Å². The lowest BCUT2D eigenvalue weighted by Gasteiger charge is -2.18. The second-order valence-corrected chi connectivity index (χ2v) is 3.87. The van der Waals surface area contributed by atoms with Crippen molar-refractivity contribution in [3.05, 3.63) is 23.9 Å². The zero-order valence-electron chi connectivity index (χ0n) is 8.80. The van der Waals surface area contributed by atoms with Crippen LogP contribution in [0, 0.1) is 5.92 Å². The quantitative estimate of drug-likeness (QED) is 0.737. The maximum atomic E-state index is 11.0. The molecule has 0 radical (unpaired) electrons. The first-order valence-corrected chi connectivity index (χ1v) is 5.17. The molecule has 84 valence electrons. The lowest BCUT2D eigenvalue weighted by Crippen LogP contribution is -2.28. The third kappa shape index (κ3) is 1.88. The summed E-state index contributed by atoms with van der Waals surface area (Å²) in [7, 11) is 0. The van der Waals surface area contributed by atoms with E-state index >= 15 is 0 Å². The lowest BCUT2D eigenvalue weighted by atomic mass is 10.1. The van der Waals surface area contributed by atoms with Crippen LogP contribution in [0.3, 0.4) is 0 Å². The van der Waals surface area contributed by atoms with Crippen LogP contribution < -0.4 is 10.6 Å². The van der Waals surface area contributed by atoms with E-state index in [9.17, 15) is 9.59 Å². The SMILES string of the molecule is NC(=O)C1CCN(c2ncccc2C=O)C1. The van der Waals surface area contributed by atoms with Gasteiger partial charge in [0.05, 0.1) is 11.5 Å². The van der Waals surface area contributed by atoms with Gasteiger partial charge in [-0.15, -0.1) is 0 Å². The Balaban J connectivity index is 2.20. The van der Waals surface area contributed by atoms with E-state index in [4.69, 9.17) is 5.73 Å². The van der Waals surface area contributed by atoms with Crippen LogP contribution in [-0.2, 0) is 4.79 Å². The zero-order chi connectivity index (χ0) is 11.5. The molecule has 0 aromatic carbocycles. The fraction of sp³-hybridized carbons (Fsp3) is 0.364. The zero-order valence-corrected chi connectivity index (χ0v) is 8.80. The number of primary amides is 1. The van der Waals surface area contributed by atoms with Gasteiger partial charge in [0, 0.05) is 19.3 Å². The summed E-state index contributed by atoms with van der Waals surface area (Å²) >= 11 is 0. The molecule has 0 spiro atoms. The summed E-state index contributed by atoms with van der Waals surface area (Å²) in [6.45, 7) is 1.26. The number of hydrogen-bond donors (Lipinski definition) is 1. The predicted molar refractivity (Wildman–Crippen MR) is 59.1 cm³/mol. The highest BCUT2D eigenvalue weighted by atomic mass is 16.1. The van der Waals surface area contributed by atoms with E-state index in [0.717, 1.165) is 12.7 Å². The van der Waals surface area contributed by atoms with Gasteiger partial charge in [0.1, 0.15) is 5.82 Å². The summed E-state index contributed by atoms with van der Waals surface area (Å²) in [5.74, 6) is 0.217. The first kappa shape index (κ1) is 10.6. The normalized spacial score (nSPS) is 19.8. The van der Waals surface area contributed by atoms with Gasteiger partial charge in [-0.25, -0.2) is 4.98 Å². The summed E-state index contributed by atoms with van der Waals surface area (Å²) in [5, 5.41) is 0. The van der Waals surface area contributed by atoms with E-state index < -0.39 is 0 Å². The lowest BCUT2D eigenvalue weighted by molar-refractivity contribution is -0.121. The van der Waals surface area contributed by atoms with E-state index in [1.165, 1.54) is 0 Å². The van der Waals surface area contributed by atoms with Gasteiger partial charge in [-0.2, -0.15) is 0 Å². The van der Waals surface area contributed by atoms with Crippen molar-refractivity contribution in [3.8, 4) is 0 Å². The number of carbonyl (C=O) groups excluding carboxylic acids is 2. The van der Waals surface area contributed by atoms with Crippen molar-refractivity contribution >= 4 is 18.0 Å². The van der Waals surface area contributed by atoms with Crippen LogP contribution >= 0.6 is 0 Å². The molecular formula is C11H13N3O2. The average molecular weight is 219 g/mol. The maximum Gasteiger partial charge on any atom is 0.222 e. The Hall–Kier alpha value is -1.91. The molecule has 0 bridgehead atoms. The number of nitrogens with two attached hydrogens (primary N) is 1. The number of pyridine rings is 1. The summed E-state index contributed by atoms with van der Waals surface area (Å²) in [5.41, 5.74) is 5.80. The fourth-order valence-corrected chi connectivity index (χ4v) is 1.95. The Morgan fingerprint density at radius 2 is 2.44 bits per heavy atom. The molecule has 5 nitrogen and oxygen atoms in total. The minimum Gasteiger partial charge on any atom is -0.369 e. The average Bonchev–Trinajstić information content (AvgIpc) is 2.78. The molecule has 5 heteroatoms. The summed E-state index contributed by atoms with van der Waals surface area (Å²) < 4.78 is 0. The van der Waals surface area contributed by atoms with Crippen LogP contribution in [0.1, 0.15) is 16.8 Å². The number of anilines is 1. The molecule has 1 aromatic rings. The van der Waals surface area contributed by atoms with Crippen LogP contribution in [0.25, 0.3) is 0 Å². The van der Waals surface area contributed by atoms with Crippen LogP contribution in [-0.4, -0.2) is 30.3 Å². The number of amides is 1. The molecule has 2 heterocycles. The van der Waals surface area contributed by atoms with Gasteiger partial charge in [0.25, 0.3) is 0 Å². The molecule has 0 saturated carbocycles. The molecule has 1 aromatic heterocycles. The highest BCUT2D eigenvalue weighted by molar-refractivity contribution is 5.83. The van der Waals surface area contributed by atoms with Gasteiger partial charge >= 0.3 is 0 Å². The Morgan fingerprint density at radius 3 is 3.06 bits per heavy atom. The topological polar surface area (TPSA) is 76.3 Å². The molecular weight excluding hydrogens is 206 g/mol. The molecule has 16 heavy (non-hydrogen) atoms. The Bertz CT molecular complexity index is 419. The molecule has 1 aliphatic rings. The van der Waals surface area contributed by atoms with Crippen LogP contribution in [0.5, 0.6) is 0 Å². The van der Waals surface area contributed by atoms with Crippen molar-refractivity contribution in [1.29, 1.82) is 0 Å². The minimum atomic E-state index is -0.286. The van der Waals surface area contributed by atoms with E-state index in [1.54, 1.807) is 18.3 Å². The highest BCUT2D eigenvalue weighted by Gasteiger charge is 2.28. The molecule has 1 amide bonds. The first-order chi connectivity index (χ1) is 7.72. The van der Waals surface area contributed by atoms with E-state index in [2.05, 4.69) is 4.98 Å². The van der Waals surface area contributed by atoms with Gasteiger partial charge < -0.3 is 10.6 Å². The number of aromatic nitrogens is 1. The molecule has 1 unspecified atom stereocenters. The number of hydrogen-bond acceptors (Lipinski definition) is 4. The van der Waals surface area contributed by atoms with Gasteiger partial charge in [-0.05, 0) is 18.6 Å². The van der Waals surface area contributed by atoms with Crippen molar-refractivity contribution < 1.29 is 9.59 Å². The minimum absolute atomic E-state index is 0.137. The van der Waals surface area contributed by atoms with Gasteiger partial charge in [-0.3, -0.25) is 9.59 Å². The Morgan fingerprint density at radius 1 is 1.62 bits per heavy atom. The number of nitrogens with zero attached hydrogens (tertiary/aromatic N) is 2. The van der Waals surface area contributed by atoms with Gasteiger partial charge in [0.2, 0.25) is 5.91 Å². The van der Waals surface area contributed by atoms with Gasteiger partial charge in [0.15, 0.2) is 6.29 Å². The molecule has 1 saturated heterocycles. The third-order valence-electron chi connectivity index (χ3n) is 2.83. The molecule has 1 aliphatic heterocycles. The maximum absolute atomic E-state index is 11.0. The van der Waals surface area contributed by atoms with E-state index in [1.807, 2.05) is 4.90 Å². The fourth-order valence-electron chi connectivity index (χ4n) is 1.95. The van der Waals surface area contributed by atoms with Crippen molar-refractivity contribution in [1.82, 2.24) is 4.98 Å². The standard InChI is InChI=1S/C11H13N3O2/c12-10(16)8-3-5-14(6-8)11-9(7-15)2-1-4-13-11/h1-2,4,7-8H,3,5-6H2,(H2,12,16). The summed E-state index contributed by atoms with van der Waals surface area (Å²) in [4.78, 5) is 28.0. The van der Waals surface area contributed by atoms with Crippen molar-refractivity contribution in [3.63, 3.8) is 0 Å². The second kappa shape index (κ2) is 4.30. The highest BCUT2D eigenvalue weighted by Crippen LogP contribution is 2.23. The molecule has 0 aliphatic carbocycles. The van der Waals surface area contributed by atoms with Crippen LogP contribution in [0.2, 0.25) is 0 Å². The molecule has 2 rings (SSSR count). The van der Waals surface area contributed by atoms with Crippen LogP contribution in [0.4, 0.5) is 5.82 Å². The van der Waals surface area contributed by atoms with Crippen LogP contribution in [0.15, 0.2) is 18.3 Å². The largest absolute Gasteiger partial charge is 0.369 e.